The zero-order chi connectivity index (χ0) is 15.4. The van der Waals surface area contributed by atoms with Gasteiger partial charge in [0, 0.05) is 18.7 Å². The molecule has 1 aromatic carbocycles. The minimum absolute atomic E-state index is 0.107. The molecule has 0 radical (unpaired) electrons. The topological polar surface area (TPSA) is 12.5 Å². The van der Waals surface area contributed by atoms with Gasteiger partial charge in [0.15, 0.2) is 0 Å². The average Bonchev–Trinajstić information content (AvgIpc) is 2.57. The van der Waals surface area contributed by atoms with Gasteiger partial charge in [-0.1, -0.05) is 18.2 Å². The van der Waals surface area contributed by atoms with Gasteiger partial charge in [0.25, 0.3) is 0 Å². The smallest absolute Gasteiger partial charge is 0.128 e. The third kappa shape index (κ3) is 3.81. The molecule has 2 aliphatic heterocycles. The number of hydrogen-bond donors (Lipinski definition) is 0. The van der Waals surface area contributed by atoms with Gasteiger partial charge in [0.1, 0.15) is 5.82 Å². The lowest BCUT2D eigenvalue weighted by molar-refractivity contribution is -0.0798. The van der Waals surface area contributed by atoms with Crippen LogP contribution in [0.15, 0.2) is 24.3 Å². The van der Waals surface area contributed by atoms with Crippen LogP contribution in [0.3, 0.4) is 0 Å². The summed E-state index contributed by atoms with van der Waals surface area (Å²) in [5, 5.41) is 0. The predicted octanol–water partition coefficient (Wildman–Crippen LogP) is 4.00. The van der Waals surface area contributed by atoms with E-state index in [4.69, 9.17) is 4.74 Å². The number of hydrogen-bond acceptors (Lipinski definition) is 4. The van der Waals surface area contributed by atoms with Gasteiger partial charge in [0.05, 0.1) is 16.8 Å². The summed E-state index contributed by atoms with van der Waals surface area (Å²) in [4.78, 5) is 2.36. The highest BCUT2D eigenvalue weighted by Gasteiger charge is 2.43. The Kier molecular flexibility index (Phi) is 5.71. The van der Waals surface area contributed by atoms with E-state index in [-0.39, 0.29) is 11.4 Å². The van der Waals surface area contributed by atoms with Gasteiger partial charge in [-0.25, -0.2) is 4.39 Å². The molecule has 0 amide bonds. The Bertz CT molecular complexity index is 485. The molecule has 2 fully saturated rings. The van der Waals surface area contributed by atoms with Gasteiger partial charge in [-0.15, -0.1) is 23.5 Å². The van der Waals surface area contributed by atoms with Crippen molar-refractivity contribution in [2.24, 2.45) is 0 Å². The van der Waals surface area contributed by atoms with E-state index in [9.17, 15) is 4.39 Å². The van der Waals surface area contributed by atoms with Gasteiger partial charge in [-0.2, -0.15) is 0 Å². The van der Waals surface area contributed by atoms with Crippen LogP contribution in [0.2, 0.25) is 0 Å². The third-order valence-electron chi connectivity index (χ3n) is 4.56. The highest BCUT2D eigenvalue weighted by atomic mass is 32.2. The van der Waals surface area contributed by atoms with E-state index in [0.717, 1.165) is 25.9 Å². The lowest BCUT2D eigenvalue weighted by atomic mass is 9.93. The Morgan fingerprint density at radius 2 is 1.91 bits per heavy atom. The Morgan fingerprint density at radius 1 is 1.23 bits per heavy atom. The van der Waals surface area contributed by atoms with Crippen LogP contribution in [0.5, 0.6) is 0 Å². The summed E-state index contributed by atoms with van der Waals surface area (Å²) < 4.78 is 20.8. The maximum absolute atomic E-state index is 13.9. The first-order valence-electron chi connectivity index (χ1n) is 7.99. The number of rotatable bonds is 4. The fraction of sp³-hybridized carbons (Fsp3) is 0.647. The van der Waals surface area contributed by atoms with Crippen LogP contribution >= 0.6 is 23.5 Å². The van der Waals surface area contributed by atoms with Crippen LogP contribution in [-0.4, -0.2) is 46.7 Å². The normalized spacial score (nSPS) is 23.5. The Morgan fingerprint density at radius 3 is 2.59 bits per heavy atom. The first-order chi connectivity index (χ1) is 10.7. The molecule has 0 saturated carbocycles. The number of piperidine rings is 1. The molecular weight excluding hydrogens is 317 g/mol. The van der Waals surface area contributed by atoms with Crippen molar-refractivity contribution in [2.75, 3.05) is 31.6 Å². The summed E-state index contributed by atoms with van der Waals surface area (Å²) in [6.07, 6.45) is 3.38. The summed E-state index contributed by atoms with van der Waals surface area (Å²) in [5.41, 5.74) is 0.566. The van der Waals surface area contributed by atoms with Crippen LogP contribution < -0.4 is 0 Å². The van der Waals surface area contributed by atoms with Gasteiger partial charge in [-0.3, -0.25) is 0 Å². The fourth-order valence-electron chi connectivity index (χ4n) is 3.07. The standard InChI is InChI=1S/C17H24FNOS2/c1-19-9-7-17(8-10-19,16-21-11-4-12-22-16)20-13-14-5-2-3-6-15(14)18/h2-3,5-6,16H,4,7-13H2,1H3. The highest BCUT2D eigenvalue weighted by Crippen LogP contribution is 2.45. The zero-order valence-corrected chi connectivity index (χ0v) is 14.7. The van der Waals surface area contributed by atoms with Crippen molar-refractivity contribution >= 4 is 23.5 Å². The minimum Gasteiger partial charge on any atom is -0.368 e. The molecule has 0 aliphatic carbocycles. The third-order valence-corrected chi connectivity index (χ3v) is 7.89. The van der Waals surface area contributed by atoms with Crippen LogP contribution in [0.4, 0.5) is 4.39 Å². The van der Waals surface area contributed by atoms with Crippen molar-refractivity contribution in [3.05, 3.63) is 35.6 Å². The maximum Gasteiger partial charge on any atom is 0.128 e. The van der Waals surface area contributed by atoms with Gasteiger partial charge in [-0.05, 0) is 43.9 Å². The quantitative estimate of drug-likeness (QED) is 0.820. The van der Waals surface area contributed by atoms with E-state index in [1.165, 1.54) is 24.0 Å². The van der Waals surface area contributed by atoms with Crippen molar-refractivity contribution in [1.29, 1.82) is 0 Å². The molecular formula is C17H24FNOS2. The molecule has 2 heterocycles. The van der Waals surface area contributed by atoms with Crippen LogP contribution in [0.25, 0.3) is 0 Å². The van der Waals surface area contributed by atoms with Gasteiger partial charge < -0.3 is 9.64 Å². The molecule has 2 aliphatic rings. The molecule has 0 atom stereocenters. The number of likely N-dealkylation sites (tertiary alicyclic amines) is 1. The Labute approximate surface area is 141 Å². The largest absolute Gasteiger partial charge is 0.368 e. The monoisotopic (exact) mass is 341 g/mol. The molecule has 122 valence electrons. The molecule has 0 N–H and O–H groups in total. The second-order valence-electron chi connectivity index (χ2n) is 6.18. The van der Waals surface area contributed by atoms with Crippen LogP contribution in [0.1, 0.15) is 24.8 Å². The summed E-state index contributed by atoms with van der Waals surface area (Å²) in [6, 6.07) is 6.97. The molecule has 0 spiro atoms. The lowest BCUT2D eigenvalue weighted by Crippen LogP contribution is -2.50. The lowest BCUT2D eigenvalue weighted by Gasteiger charge is -2.46. The molecule has 2 nitrogen and oxygen atoms in total. The minimum atomic E-state index is -0.158. The van der Waals surface area contributed by atoms with Crippen molar-refractivity contribution in [3.63, 3.8) is 0 Å². The Hall–Kier alpha value is -0.230. The van der Waals surface area contributed by atoms with E-state index < -0.39 is 0 Å². The van der Waals surface area contributed by atoms with Crippen LogP contribution in [0, 0.1) is 5.82 Å². The number of benzene rings is 1. The Balaban J connectivity index is 1.72. The highest BCUT2D eigenvalue weighted by molar-refractivity contribution is 8.17. The number of ether oxygens (including phenoxy) is 1. The second-order valence-corrected chi connectivity index (χ2v) is 8.90. The van der Waals surface area contributed by atoms with E-state index in [0.29, 0.717) is 16.8 Å². The van der Waals surface area contributed by atoms with Crippen molar-refractivity contribution in [1.82, 2.24) is 4.90 Å². The molecule has 2 saturated heterocycles. The maximum atomic E-state index is 13.9. The van der Waals surface area contributed by atoms with Crippen molar-refractivity contribution < 1.29 is 9.13 Å². The first kappa shape index (κ1) is 16.6. The van der Waals surface area contributed by atoms with E-state index in [1.54, 1.807) is 6.07 Å². The SMILES string of the molecule is CN1CCC(OCc2ccccc2F)(C2SCCCS2)CC1. The average molecular weight is 342 g/mol. The molecule has 3 rings (SSSR count). The molecule has 5 heteroatoms. The predicted molar refractivity (Wildman–Crippen MR) is 94.0 cm³/mol. The molecule has 22 heavy (non-hydrogen) atoms. The molecule has 1 aromatic rings. The number of halogens is 1. The fourth-order valence-corrected chi connectivity index (χ4v) is 6.48. The zero-order valence-electron chi connectivity index (χ0n) is 13.1. The summed E-state index contributed by atoms with van der Waals surface area (Å²) in [7, 11) is 2.17. The van der Waals surface area contributed by atoms with Crippen molar-refractivity contribution in [3.8, 4) is 0 Å². The number of thioether (sulfide) groups is 2. The summed E-state index contributed by atoms with van der Waals surface area (Å²) >= 11 is 4.07. The number of nitrogens with zero attached hydrogens (tertiary/aromatic N) is 1. The molecule has 0 aromatic heterocycles. The van der Waals surface area contributed by atoms with E-state index >= 15 is 0 Å². The summed E-state index contributed by atoms with van der Waals surface area (Å²) in [5.74, 6) is 2.28. The van der Waals surface area contributed by atoms with Crippen LogP contribution in [-0.2, 0) is 11.3 Å². The van der Waals surface area contributed by atoms with Gasteiger partial charge in [0.2, 0.25) is 0 Å². The summed E-state index contributed by atoms with van der Waals surface area (Å²) in [6.45, 7) is 2.51. The first-order valence-corrected chi connectivity index (χ1v) is 10.1. The molecule has 0 unspecified atom stereocenters. The van der Waals surface area contributed by atoms with E-state index in [1.807, 2.05) is 35.7 Å². The second kappa shape index (κ2) is 7.56. The van der Waals surface area contributed by atoms with Gasteiger partial charge >= 0.3 is 0 Å². The van der Waals surface area contributed by atoms with Crippen molar-refractivity contribution in [2.45, 2.75) is 36.1 Å². The molecule has 0 bridgehead atoms. The van der Waals surface area contributed by atoms with E-state index in [2.05, 4.69) is 11.9 Å².